The Balaban J connectivity index is 2.62. The van der Waals surface area contributed by atoms with Crippen LogP contribution in [-0.4, -0.2) is 23.5 Å². The predicted molar refractivity (Wildman–Crippen MR) is 73.6 cm³/mol. The maximum atomic E-state index is 11.2. The molecule has 0 spiro atoms. The number of rotatable bonds is 6. The van der Waals surface area contributed by atoms with Crippen molar-refractivity contribution in [1.29, 1.82) is 0 Å². The summed E-state index contributed by atoms with van der Waals surface area (Å²) >= 11 is 0. The highest BCUT2D eigenvalue weighted by atomic mass is 16.4. The van der Waals surface area contributed by atoms with Crippen molar-refractivity contribution >= 4 is 11.7 Å². The third-order valence-electron chi connectivity index (χ3n) is 2.89. The minimum Gasteiger partial charge on any atom is -0.409 e. The van der Waals surface area contributed by atoms with E-state index in [-0.39, 0.29) is 11.7 Å². The van der Waals surface area contributed by atoms with E-state index in [0.29, 0.717) is 18.7 Å². The van der Waals surface area contributed by atoms with E-state index < -0.39 is 5.41 Å². The van der Waals surface area contributed by atoms with Crippen LogP contribution in [0.3, 0.4) is 0 Å². The van der Waals surface area contributed by atoms with E-state index in [1.165, 1.54) is 0 Å². The Morgan fingerprint density at radius 2 is 2.11 bits per heavy atom. The van der Waals surface area contributed by atoms with E-state index in [0.717, 1.165) is 5.56 Å². The zero-order valence-electron chi connectivity index (χ0n) is 11.2. The number of hydrogen-bond donors (Lipinski definition) is 4. The lowest BCUT2D eigenvalue weighted by Gasteiger charge is -2.20. The maximum absolute atomic E-state index is 11.2. The van der Waals surface area contributed by atoms with Gasteiger partial charge in [-0.05, 0) is 25.5 Å². The van der Waals surface area contributed by atoms with Gasteiger partial charge in [0.2, 0.25) is 5.91 Å². The molecule has 19 heavy (non-hydrogen) atoms. The molecule has 6 nitrogen and oxygen atoms in total. The van der Waals surface area contributed by atoms with Gasteiger partial charge in [-0.25, -0.2) is 0 Å². The summed E-state index contributed by atoms with van der Waals surface area (Å²) in [7, 11) is 0. The highest BCUT2D eigenvalue weighted by Crippen LogP contribution is 2.12. The van der Waals surface area contributed by atoms with Crippen molar-refractivity contribution in [3.05, 3.63) is 35.4 Å². The van der Waals surface area contributed by atoms with Gasteiger partial charge in [0.25, 0.3) is 0 Å². The number of benzene rings is 1. The molecule has 0 unspecified atom stereocenters. The Morgan fingerprint density at radius 1 is 1.42 bits per heavy atom. The first kappa shape index (κ1) is 15.0. The minimum absolute atomic E-state index is 0.0688. The Kier molecular flexibility index (Phi) is 4.88. The van der Waals surface area contributed by atoms with Crippen LogP contribution in [0.25, 0.3) is 0 Å². The molecule has 1 aromatic carbocycles. The van der Waals surface area contributed by atoms with E-state index in [4.69, 9.17) is 16.7 Å². The van der Waals surface area contributed by atoms with Crippen molar-refractivity contribution in [2.75, 3.05) is 6.54 Å². The lowest BCUT2D eigenvalue weighted by molar-refractivity contribution is -0.125. The van der Waals surface area contributed by atoms with Crippen molar-refractivity contribution in [2.24, 2.45) is 22.0 Å². The van der Waals surface area contributed by atoms with Gasteiger partial charge < -0.3 is 22.0 Å². The number of amidine groups is 1. The summed E-state index contributed by atoms with van der Waals surface area (Å²) in [5, 5.41) is 14.7. The van der Waals surface area contributed by atoms with Crippen LogP contribution in [0.2, 0.25) is 0 Å². The smallest absolute Gasteiger partial charge is 0.224 e. The highest BCUT2D eigenvalue weighted by molar-refractivity contribution is 5.97. The Hall–Kier alpha value is -2.08. The van der Waals surface area contributed by atoms with Gasteiger partial charge in [0.15, 0.2) is 5.84 Å². The number of nitrogens with one attached hydrogen (secondary N) is 1. The van der Waals surface area contributed by atoms with Crippen LogP contribution in [0.5, 0.6) is 0 Å². The number of carbonyl (C=O) groups excluding carboxylic acids is 1. The molecule has 104 valence electrons. The normalized spacial score (nSPS) is 12.4. The van der Waals surface area contributed by atoms with Gasteiger partial charge in [-0.2, -0.15) is 0 Å². The number of hydrogen-bond acceptors (Lipinski definition) is 4. The van der Waals surface area contributed by atoms with Crippen molar-refractivity contribution in [3.8, 4) is 0 Å². The molecule has 0 aliphatic heterocycles. The third-order valence-corrected chi connectivity index (χ3v) is 2.89. The number of nitrogens with two attached hydrogens (primary N) is 2. The summed E-state index contributed by atoms with van der Waals surface area (Å²) in [6.07, 6.45) is 0. The van der Waals surface area contributed by atoms with Gasteiger partial charge in [0, 0.05) is 18.7 Å². The molecule has 0 bridgehead atoms. The highest BCUT2D eigenvalue weighted by Gasteiger charge is 2.23. The first-order valence-corrected chi connectivity index (χ1v) is 5.94. The molecule has 0 heterocycles. The molecule has 0 aromatic heterocycles. The summed E-state index contributed by atoms with van der Waals surface area (Å²) in [5.41, 5.74) is 11.8. The first-order chi connectivity index (χ1) is 8.86. The second-order valence-corrected chi connectivity index (χ2v) is 5.04. The molecule has 6 N–H and O–H groups in total. The minimum atomic E-state index is -0.594. The van der Waals surface area contributed by atoms with Gasteiger partial charge in [-0.1, -0.05) is 23.4 Å². The molecule has 0 saturated carbocycles. The van der Waals surface area contributed by atoms with Crippen LogP contribution < -0.4 is 16.8 Å². The predicted octanol–water partition coefficient (Wildman–Crippen LogP) is 0.382. The van der Waals surface area contributed by atoms with E-state index in [1.807, 2.05) is 18.2 Å². The van der Waals surface area contributed by atoms with Crippen molar-refractivity contribution in [1.82, 2.24) is 5.32 Å². The molecule has 1 aromatic rings. The van der Waals surface area contributed by atoms with Gasteiger partial charge in [0.05, 0.1) is 5.41 Å². The van der Waals surface area contributed by atoms with Gasteiger partial charge in [-0.3, -0.25) is 4.79 Å². The molecular formula is C13H20N4O2. The van der Waals surface area contributed by atoms with Crippen molar-refractivity contribution in [2.45, 2.75) is 20.4 Å². The van der Waals surface area contributed by atoms with E-state index in [9.17, 15) is 4.79 Å². The van der Waals surface area contributed by atoms with Gasteiger partial charge in [-0.15, -0.1) is 0 Å². The molecule has 0 aliphatic rings. The second kappa shape index (κ2) is 6.19. The third kappa shape index (κ3) is 4.26. The molecule has 0 atom stereocenters. The SMILES string of the molecule is CC(C)(CNCc1cccc(/C(N)=N/O)c1)C(N)=O. The summed E-state index contributed by atoms with van der Waals surface area (Å²) < 4.78 is 0. The average Bonchev–Trinajstić information content (AvgIpc) is 2.37. The number of carbonyl (C=O) groups is 1. The molecule has 0 fully saturated rings. The van der Waals surface area contributed by atoms with E-state index in [2.05, 4.69) is 10.5 Å². The standard InChI is InChI=1S/C13H20N4O2/c1-13(2,12(15)18)8-16-7-9-4-3-5-10(6-9)11(14)17-19/h3-6,16,19H,7-8H2,1-2H3,(H2,14,17)(H2,15,18). The zero-order valence-corrected chi connectivity index (χ0v) is 11.2. The number of primary amides is 1. The lowest BCUT2D eigenvalue weighted by atomic mass is 9.93. The van der Waals surface area contributed by atoms with Crippen LogP contribution in [0, 0.1) is 5.41 Å². The summed E-state index contributed by atoms with van der Waals surface area (Å²) in [5.74, 6) is -0.273. The van der Waals surface area contributed by atoms with Crippen LogP contribution in [-0.2, 0) is 11.3 Å². The lowest BCUT2D eigenvalue weighted by Crippen LogP contribution is -2.40. The molecular weight excluding hydrogens is 244 g/mol. The van der Waals surface area contributed by atoms with Crippen LogP contribution >= 0.6 is 0 Å². The first-order valence-electron chi connectivity index (χ1n) is 5.94. The molecule has 0 saturated heterocycles. The van der Waals surface area contributed by atoms with E-state index >= 15 is 0 Å². The maximum Gasteiger partial charge on any atom is 0.224 e. The van der Waals surface area contributed by atoms with E-state index in [1.54, 1.807) is 19.9 Å². The van der Waals surface area contributed by atoms with Gasteiger partial charge >= 0.3 is 0 Å². The fourth-order valence-electron chi connectivity index (χ4n) is 1.50. The molecule has 1 rings (SSSR count). The Labute approximate surface area is 112 Å². The van der Waals surface area contributed by atoms with Crippen LogP contribution in [0.1, 0.15) is 25.0 Å². The van der Waals surface area contributed by atoms with Crippen molar-refractivity contribution in [3.63, 3.8) is 0 Å². The Morgan fingerprint density at radius 3 is 2.68 bits per heavy atom. The molecule has 0 radical (unpaired) electrons. The van der Waals surface area contributed by atoms with Crippen molar-refractivity contribution < 1.29 is 10.0 Å². The molecule has 1 amide bonds. The topological polar surface area (TPSA) is 114 Å². The summed E-state index contributed by atoms with van der Waals surface area (Å²) in [6.45, 7) is 4.63. The fourth-order valence-corrected chi connectivity index (χ4v) is 1.50. The van der Waals surface area contributed by atoms with Crippen LogP contribution in [0.15, 0.2) is 29.4 Å². The quantitative estimate of drug-likeness (QED) is 0.257. The summed E-state index contributed by atoms with van der Waals surface area (Å²) in [6, 6.07) is 7.31. The fraction of sp³-hybridized carbons (Fsp3) is 0.385. The number of oxime groups is 1. The molecule has 6 heteroatoms. The monoisotopic (exact) mass is 264 g/mol. The number of nitrogens with zero attached hydrogens (tertiary/aromatic N) is 1. The molecule has 0 aliphatic carbocycles. The zero-order chi connectivity index (χ0) is 14.5. The Bertz CT molecular complexity index is 483. The van der Waals surface area contributed by atoms with Crippen LogP contribution in [0.4, 0.5) is 0 Å². The second-order valence-electron chi connectivity index (χ2n) is 5.04. The number of amides is 1. The largest absolute Gasteiger partial charge is 0.409 e. The average molecular weight is 264 g/mol. The van der Waals surface area contributed by atoms with Gasteiger partial charge in [0.1, 0.15) is 0 Å². The summed E-state index contributed by atoms with van der Waals surface area (Å²) in [4.78, 5) is 11.2.